The largest absolute Gasteiger partial charge is 0.503 e. The molecule has 0 bridgehead atoms. The van der Waals surface area contributed by atoms with Crippen LogP contribution in [0.5, 0.6) is 17.4 Å². The van der Waals surface area contributed by atoms with Crippen molar-refractivity contribution in [3.05, 3.63) is 15.9 Å². The number of Topliss-reactive ketones (excluding diaryl/α,β-unsaturated/α-hetero) is 1. The molecule has 0 spiro atoms. The van der Waals surface area contributed by atoms with Crippen LogP contribution in [0.3, 0.4) is 0 Å². The highest BCUT2D eigenvalue weighted by Crippen LogP contribution is 2.36. The summed E-state index contributed by atoms with van der Waals surface area (Å²) in [4.78, 5) is 25.8. The van der Waals surface area contributed by atoms with E-state index in [9.17, 15) is 27.9 Å². The van der Waals surface area contributed by atoms with Crippen LogP contribution >= 0.6 is 0 Å². The Bertz CT molecular complexity index is 594. The Morgan fingerprint density at radius 1 is 1.33 bits per heavy atom. The van der Waals surface area contributed by atoms with Crippen LogP contribution in [0.2, 0.25) is 0 Å². The monoisotopic (exact) mass is 309 g/mol. The summed E-state index contributed by atoms with van der Waals surface area (Å²) in [6, 6.07) is 0. The Labute approximate surface area is 117 Å². The number of aromatic amines is 1. The third kappa shape index (κ3) is 3.67. The summed E-state index contributed by atoms with van der Waals surface area (Å²) in [5.74, 6) is -4.07. The van der Waals surface area contributed by atoms with E-state index >= 15 is 0 Å². The van der Waals surface area contributed by atoms with E-state index < -0.39 is 41.2 Å². The molecule has 0 amide bonds. The van der Waals surface area contributed by atoms with Crippen molar-refractivity contribution in [2.45, 2.75) is 19.5 Å². The lowest BCUT2D eigenvalue weighted by atomic mass is 9.96. The van der Waals surface area contributed by atoms with Gasteiger partial charge in [-0.1, -0.05) is 6.92 Å². The number of alkyl halides is 3. The maximum atomic E-state index is 12.3. The number of hydrogen-bond donors (Lipinski definition) is 2. The lowest BCUT2D eigenvalue weighted by Crippen LogP contribution is -2.26. The molecule has 1 aromatic rings. The first-order chi connectivity index (χ1) is 9.62. The molecule has 0 aliphatic rings. The quantitative estimate of drug-likeness (QED) is 0.811. The second-order valence-electron chi connectivity index (χ2n) is 4.33. The summed E-state index contributed by atoms with van der Waals surface area (Å²) < 4.78 is 46.4. The van der Waals surface area contributed by atoms with Crippen LogP contribution in [-0.2, 0) is 0 Å². The SMILES string of the molecule is COc1[nH]c(=O)c(C(=O)C(C)CC(F)(F)F)c(O)c1OC. The number of rotatable bonds is 5. The topological polar surface area (TPSA) is 88.6 Å². The summed E-state index contributed by atoms with van der Waals surface area (Å²) in [6.45, 7) is 1.02. The van der Waals surface area contributed by atoms with Gasteiger partial charge in [-0.15, -0.1) is 0 Å². The number of H-pyrrole nitrogens is 1. The van der Waals surface area contributed by atoms with Crippen molar-refractivity contribution in [3.8, 4) is 17.4 Å². The van der Waals surface area contributed by atoms with E-state index in [1.54, 1.807) is 0 Å². The maximum Gasteiger partial charge on any atom is 0.389 e. The highest BCUT2D eigenvalue weighted by Gasteiger charge is 2.35. The van der Waals surface area contributed by atoms with Gasteiger partial charge in [0.1, 0.15) is 5.56 Å². The van der Waals surface area contributed by atoms with Gasteiger partial charge in [0.2, 0.25) is 11.6 Å². The summed E-state index contributed by atoms with van der Waals surface area (Å²) in [5, 5.41) is 9.87. The van der Waals surface area contributed by atoms with Crippen LogP contribution < -0.4 is 15.0 Å². The van der Waals surface area contributed by atoms with Gasteiger partial charge in [-0.25, -0.2) is 0 Å². The van der Waals surface area contributed by atoms with E-state index in [4.69, 9.17) is 9.47 Å². The molecule has 21 heavy (non-hydrogen) atoms. The first-order valence-corrected chi connectivity index (χ1v) is 5.80. The number of ketones is 1. The molecule has 9 heteroatoms. The number of nitrogens with one attached hydrogen (secondary N) is 1. The molecular formula is C12H14F3NO5. The van der Waals surface area contributed by atoms with E-state index in [1.165, 1.54) is 7.11 Å². The zero-order chi connectivity index (χ0) is 16.4. The Kier molecular flexibility index (Phi) is 4.87. The highest BCUT2D eigenvalue weighted by molar-refractivity contribution is 6.00. The summed E-state index contributed by atoms with van der Waals surface area (Å²) in [5.41, 5.74) is -1.84. The van der Waals surface area contributed by atoms with Crippen molar-refractivity contribution in [2.75, 3.05) is 14.2 Å². The number of ether oxygens (including phenoxy) is 2. The van der Waals surface area contributed by atoms with Gasteiger partial charge in [0.15, 0.2) is 11.5 Å². The third-order valence-electron chi connectivity index (χ3n) is 2.75. The fraction of sp³-hybridized carbons (Fsp3) is 0.500. The van der Waals surface area contributed by atoms with Crippen LogP contribution in [0.25, 0.3) is 0 Å². The first-order valence-electron chi connectivity index (χ1n) is 5.80. The molecule has 0 saturated carbocycles. The van der Waals surface area contributed by atoms with Crippen LogP contribution in [0.4, 0.5) is 13.2 Å². The van der Waals surface area contributed by atoms with Gasteiger partial charge in [0.05, 0.1) is 20.6 Å². The van der Waals surface area contributed by atoms with Crippen molar-refractivity contribution in [3.63, 3.8) is 0 Å². The van der Waals surface area contributed by atoms with E-state index in [2.05, 4.69) is 4.98 Å². The fourth-order valence-electron chi connectivity index (χ4n) is 1.80. The fourth-order valence-corrected chi connectivity index (χ4v) is 1.80. The zero-order valence-electron chi connectivity index (χ0n) is 11.5. The minimum absolute atomic E-state index is 0.236. The Morgan fingerprint density at radius 3 is 2.33 bits per heavy atom. The summed E-state index contributed by atoms with van der Waals surface area (Å²) in [7, 11) is 2.32. The van der Waals surface area contributed by atoms with Gasteiger partial charge in [0, 0.05) is 5.92 Å². The van der Waals surface area contributed by atoms with Gasteiger partial charge in [-0.2, -0.15) is 13.2 Å². The number of hydrogen-bond acceptors (Lipinski definition) is 5. The number of carbonyl (C=O) groups excluding carboxylic acids is 1. The average Bonchev–Trinajstić information content (AvgIpc) is 2.35. The number of methoxy groups -OCH3 is 2. The molecule has 0 aliphatic heterocycles. The molecular weight excluding hydrogens is 295 g/mol. The second kappa shape index (κ2) is 6.06. The minimum atomic E-state index is -4.56. The van der Waals surface area contributed by atoms with Gasteiger partial charge in [0.25, 0.3) is 5.56 Å². The van der Waals surface area contributed by atoms with E-state index in [0.29, 0.717) is 0 Å². The van der Waals surface area contributed by atoms with Gasteiger partial charge in [-0.05, 0) is 0 Å². The van der Waals surface area contributed by atoms with Crippen molar-refractivity contribution >= 4 is 5.78 Å². The molecule has 0 fully saturated rings. The van der Waals surface area contributed by atoms with Crippen LogP contribution in [0.15, 0.2) is 4.79 Å². The van der Waals surface area contributed by atoms with Crippen LogP contribution in [0, 0.1) is 5.92 Å². The lowest BCUT2D eigenvalue weighted by molar-refractivity contribution is -0.140. The molecule has 1 rings (SSSR count). The minimum Gasteiger partial charge on any atom is -0.503 e. The maximum absolute atomic E-state index is 12.3. The van der Waals surface area contributed by atoms with E-state index in [-0.39, 0.29) is 11.6 Å². The Hall–Kier alpha value is -2.19. The smallest absolute Gasteiger partial charge is 0.389 e. The molecule has 0 saturated heterocycles. The molecule has 0 aliphatic carbocycles. The number of aromatic hydroxyl groups is 1. The number of carbonyl (C=O) groups is 1. The molecule has 0 aromatic carbocycles. The van der Waals surface area contributed by atoms with Crippen LogP contribution in [0.1, 0.15) is 23.7 Å². The predicted molar refractivity (Wildman–Crippen MR) is 66.0 cm³/mol. The van der Waals surface area contributed by atoms with Crippen molar-refractivity contribution in [1.82, 2.24) is 4.98 Å². The normalized spacial score (nSPS) is 12.9. The van der Waals surface area contributed by atoms with Crippen molar-refractivity contribution in [1.29, 1.82) is 0 Å². The molecule has 1 unspecified atom stereocenters. The van der Waals surface area contributed by atoms with Crippen LogP contribution in [-0.4, -0.2) is 36.3 Å². The molecule has 6 nitrogen and oxygen atoms in total. The number of aromatic nitrogens is 1. The second-order valence-corrected chi connectivity index (χ2v) is 4.33. The third-order valence-corrected chi connectivity index (χ3v) is 2.75. The van der Waals surface area contributed by atoms with Crippen molar-refractivity contribution in [2.24, 2.45) is 5.92 Å². The molecule has 0 radical (unpaired) electrons. The summed E-state index contributed by atoms with van der Waals surface area (Å²) >= 11 is 0. The van der Waals surface area contributed by atoms with Crippen molar-refractivity contribution < 1.29 is 32.5 Å². The lowest BCUT2D eigenvalue weighted by Gasteiger charge is -2.15. The van der Waals surface area contributed by atoms with Gasteiger partial charge >= 0.3 is 6.18 Å². The zero-order valence-corrected chi connectivity index (χ0v) is 11.5. The van der Waals surface area contributed by atoms with E-state index in [0.717, 1.165) is 14.0 Å². The molecule has 1 heterocycles. The Morgan fingerprint density at radius 2 is 1.90 bits per heavy atom. The Balaban J connectivity index is 3.31. The van der Waals surface area contributed by atoms with Gasteiger partial charge < -0.3 is 14.6 Å². The molecule has 1 atom stereocenters. The first kappa shape index (κ1) is 16.9. The predicted octanol–water partition coefficient (Wildman–Crippen LogP) is 1.87. The number of pyridine rings is 1. The average molecular weight is 309 g/mol. The van der Waals surface area contributed by atoms with Gasteiger partial charge in [-0.3, -0.25) is 14.6 Å². The summed E-state index contributed by atoms with van der Waals surface area (Å²) in [6.07, 6.45) is -5.97. The highest BCUT2D eigenvalue weighted by atomic mass is 19.4. The molecule has 118 valence electrons. The van der Waals surface area contributed by atoms with E-state index in [1.807, 2.05) is 0 Å². The molecule has 1 aromatic heterocycles. The molecule has 2 N–H and O–H groups in total. The standard InChI is InChI=1S/C12H14F3NO5/c1-5(4-12(13,14)15)7(17)6-8(18)9(20-2)11(21-3)16-10(6)19/h5H,4H2,1-3H3,(H2,16,18,19). The number of halogens is 3.